The number of esters is 1. The summed E-state index contributed by atoms with van der Waals surface area (Å²) in [6.45, 7) is 1.68. The fourth-order valence-electron chi connectivity index (χ4n) is 1.32. The Bertz CT molecular complexity index is 576. The van der Waals surface area contributed by atoms with E-state index in [4.69, 9.17) is 27.9 Å². The van der Waals surface area contributed by atoms with Crippen LogP contribution in [0.15, 0.2) is 17.8 Å². The monoisotopic (exact) mass is 320 g/mol. The molecule has 20 heavy (non-hydrogen) atoms. The Balaban J connectivity index is 3.23. The molecule has 108 valence electrons. The highest BCUT2D eigenvalue weighted by molar-refractivity contribution is 6.37. The van der Waals surface area contributed by atoms with Gasteiger partial charge in [-0.25, -0.2) is 14.2 Å². The van der Waals surface area contributed by atoms with Crippen LogP contribution in [0.5, 0.6) is 0 Å². The summed E-state index contributed by atoms with van der Waals surface area (Å²) >= 11 is 11.2. The van der Waals surface area contributed by atoms with E-state index in [1.54, 1.807) is 6.92 Å². The molecule has 0 atom stereocenters. The minimum atomic E-state index is -0.910. The number of rotatable bonds is 5. The molecule has 0 amide bonds. The number of nitrogens with one attached hydrogen (secondary N) is 1. The van der Waals surface area contributed by atoms with Crippen LogP contribution in [-0.4, -0.2) is 30.4 Å². The van der Waals surface area contributed by atoms with Crippen molar-refractivity contribution in [3.8, 4) is 0 Å². The lowest BCUT2D eigenvalue weighted by molar-refractivity contribution is -0.138. The molecule has 1 aromatic rings. The molecule has 0 fully saturated rings. The second-order valence-electron chi connectivity index (χ2n) is 3.50. The van der Waals surface area contributed by atoms with Gasteiger partial charge < -0.3 is 10.1 Å². The summed E-state index contributed by atoms with van der Waals surface area (Å²) in [6.07, 6.45) is 1.14. The van der Waals surface area contributed by atoms with Gasteiger partial charge in [0.1, 0.15) is 10.7 Å². The smallest absolute Gasteiger partial charge is 0.343 e. The van der Waals surface area contributed by atoms with Crippen molar-refractivity contribution >= 4 is 35.0 Å². The molecule has 1 rings (SSSR count). The van der Waals surface area contributed by atoms with E-state index >= 15 is 0 Å². The quantitative estimate of drug-likeness (QED) is 0.225. The van der Waals surface area contributed by atoms with Crippen LogP contribution < -0.4 is 5.32 Å². The first-order chi connectivity index (χ1) is 9.42. The van der Waals surface area contributed by atoms with Gasteiger partial charge in [-0.2, -0.15) is 0 Å². The Hall–Kier alpha value is -1.66. The molecule has 5 nitrogen and oxygen atoms in total. The van der Waals surface area contributed by atoms with Crippen LogP contribution in [0, 0.1) is 5.82 Å². The van der Waals surface area contributed by atoms with E-state index in [2.05, 4.69) is 10.3 Å². The fourth-order valence-corrected chi connectivity index (χ4v) is 1.73. The largest absolute Gasteiger partial charge is 0.462 e. The average Bonchev–Trinajstić information content (AvgIpc) is 2.39. The number of Topliss-reactive ketones (excluding diaryl/α,β-unsaturated/α-hetero) is 1. The molecule has 0 saturated heterocycles. The molecule has 1 aromatic heterocycles. The molecule has 1 heterocycles. The van der Waals surface area contributed by atoms with Crippen LogP contribution in [0.4, 0.5) is 4.39 Å². The van der Waals surface area contributed by atoms with Gasteiger partial charge in [-0.15, -0.1) is 0 Å². The van der Waals surface area contributed by atoms with Crippen molar-refractivity contribution in [2.45, 2.75) is 6.92 Å². The maximum atomic E-state index is 13.4. The van der Waals surface area contributed by atoms with Crippen molar-refractivity contribution in [2.75, 3.05) is 13.7 Å². The number of pyridine rings is 1. The third-order valence-corrected chi connectivity index (χ3v) is 2.71. The minimum absolute atomic E-state index is 0.0914. The molecule has 0 aliphatic carbocycles. The van der Waals surface area contributed by atoms with Crippen molar-refractivity contribution in [1.82, 2.24) is 10.3 Å². The number of nitrogens with zero attached hydrogens (tertiary/aromatic N) is 1. The Morgan fingerprint density at radius 3 is 2.65 bits per heavy atom. The van der Waals surface area contributed by atoms with Crippen molar-refractivity contribution in [2.24, 2.45) is 0 Å². The van der Waals surface area contributed by atoms with Crippen molar-refractivity contribution in [1.29, 1.82) is 0 Å². The first kappa shape index (κ1) is 16.4. The zero-order valence-electron chi connectivity index (χ0n) is 10.7. The highest BCUT2D eigenvalue weighted by Crippen LogP contribution is 2.23. The van der Waals surface area contributed by atoms with E-state index < -0.39 is 22.7 Å². The molecule has 0 aliphatic heterocycles. The number of hydrogen-bond acceptors (Lipinski definition) is 5. The number of ketones is 1. The molecule has 1 N–H and O–H groups in total. The molecule has 0 unspecified atom stereocenters. The van der Waals surface area contributed by atoms with E-state index in [1.165, 1.54) is 7.05 Å². The number of halogens is 3. The van der Waals surface area contributed by atoms with E-state index in [0.717, 1.165) is 12.3 Å². The van der Waals surface area contributed by atoms with Crippen LogP contribution in [0.3, 0.4) is 0 Å². The van der Waals surface area contributed by atoms with Gasteiger partial charge in [-0.3, -0.25) is 4.79 Å². The Labute approximate surface area is 124 Å². The van der Waals surface area contributed by atoms with Crippen molar-refractivity contribution < 1.29 is 18.7 Å². The van der Waals surface area contributed by atoms with Gasteiger partial charge in [-0.05, 0) is 13.0 Å². The molecular weight excluding hydrogens is 310 g/mol. The van der Waals surface area contributed by atoms with Gasteiger partial charge in [0.25, 0.3) is 0 Å². The van der Waals surface area contributed by atoms with Gasteiger partial charge >= 0.3 is 5.97 Å². The second kappa shape index (κ2) is 7.21. The first-order valence-corrected chi connectivity index (χ1v) is 6.28. The van der Waals surface area contributed by atoms with Crippen LogP contribution in [0.1, 0.15) is 17.3 Å². The topological polar surface area (TPSA) is 68.3 Å². The Morgan fingerprint density at radius 2 is 2.10 bits per heavy atom. The highest BCUT2D eigenvalue weighted by Gasteiger charge is 2.25. The number of hydrogen-bond donors (Lipinski definition) is 1. The van der Waals surface area contributed by atoms with Gasteiger partial charge in [0.2, 0.25) is 5.78 Å². The van der Waals surface area contributed by atoms with Gasteiger partial charge in [0, 0.05) is 13.2 Å². The van der Waals surface area contributed by atoms with Crippen LogP contribution in [-0.2, 0) is 9.53 Å². The van der Waals surface area contributed by atoms with Crippen LogP contribution in [0.2, 0.25) is 10.3 Å². The number of carbonyl (C=O) groups is 2. The lowest BCUT2D eigenvalue weighted by atomic mass is 10.1. The summed E-state index contributed by atoms with van der Waals surface area (Å²) in [5, 5.41) is 1.78. The summed E-state index contributed by atoms with van der Waals surface area (Å²) < 4.78 is 18.1. The SMILES string of the molecule is CCOC(=O)/C(=C\NC)C(=O)c1cc(F)c(Cl)nc1Cl. The van der Waals surface area contributed by atoms with Gasteiger partial charge in [0.05, 0.1) is 12.2 Å². The van der Waals surface area contributed by atoms with E-state index in [9.17, 15) is 14.0 Å². The molecule has 0 radical (unpaired) electrons. The predicted octanol–water partition coefficient (Wildman–Crippen LogP) is 2.38. The predicted molar refractivity (Wildman–Crippen MR) is 72.3 cm³/mol. The van der Waals surface area contributed by atoms with E-state index in [-0.39, 0.29) is 22.9 Å². The standard InChI is InChI=1S/C12H11Cl2FN2O3/c1-3-20-12(19)7(5-16-2)9(18)6-4-8(15)11(14)17-10(6)13/h4-5,16H,3H2,1-2H3/b7-5-. The molecular formula is C12H11Cl2FN2O3. The molecule has 8 heteroatoms. The van der Waals surface area contributed by atoms with Crippen LogP contribution >= 0.6 is 23.2 Å². The molecule has 0 aromatic carbocycles. The lowest BCUT2D eigenvalue weighted by Gasteiger charge is -2.08. The second-order valence-corrected chi connectivity index (χ2v) is 4.21. The van der Waals surface area contributed by atoms with Gasteiger partial charge in [-0.1, -0.05) is 23.2 Å². The highest BCUT2D eigenvalue weighted by atomic mass is 35.5. The Morgan fingerprint density at radius 1 is 1.45 bits per heavy atom. The number of aromatic nitrogens is 1. The summed E-state index contributed by atoms with van der Waals surface area (Å²) in [6, 6.07) is 0.822. The lowest BCUT2D eigenvalue weighted by Crippen LogP contribution is -2.19. The average molecular weight is 321 g/mol. The normalized spacial score (nSPS) is 11.2. The van der Waals surface area contributed by atoms with E-state index in [1.807, 2.05) is 0 Å². The molecule has 0 spiro atoms. The number of ether oxygens (including phenoxy) is 1. The summed E-state index contributed by atoms with van der Waals surface area (Å²) in [5.74, 6) is -2.57. The summed E-state index contributed by atoms with van der Waals surface area (Å²) in [5.41, 5.74) is -0.595. The minimum Gasteiger partial charge on any atom is -0.462 e. The summed E-state index contributed by atoms with van der Waals surface area (Å²) in [4.78, 5) is 27.3. The van der Waals surface area contributed by atoms with Crippen molar-refractivity contribution in [3.05, 3.63) is 39.5 Å². The molecule has 0 aliphatic rings. The van der Waals surface area contributed by atoms with Crippen LogP contribution in [0.25, 0.3) is 0 Å². The van der Waals surface area contributed by atoms with Crippen molar-refractivity contribution in [3.63, 3.8) is 0 Å². The number of carbonyl (C=O) groups excluding carboxylic acids is 2. The third kappa shape index (κ3) is 3.68. The Kier molecular flexibility index (Phi) is 5.91. The van der Waals surface area contributed by atoms with E-state index in [0.29, 0.717) is 0 Å². The summed E-state index contributed by atoms with van der Waals surface area (Å²) in [7, 11) is 1.49. The maximum Gasteiger partial charge on any atom is 0.343 e. The third-order valence-electron chi connectivity index (χ3n) is 2.16. The first-order valence-electron chi connectivity index (χ1n) is 5.53. The van der Waals surface area contributed by atoms with Gasteiger partial charge in [0.15, 0.2) is 11.0 Å². The zero-order valence-corrected chi connectivity index (χ0v) is 12.2. The fraction of sp³-hybridized carbons (Fsp3) is 0.250. The zero-order chi connectivity index (χ0) is 15.3. The molecule has 0 bridgehead atoms. The molecule has 0 saturated carbocycles. The maximum absolute atomic E-state index is 13.4.